The largest absolute Gasteiger partial charge is 0.375 e. The number of nitrogens with zero attached hydrogens (tertiary/aromatic N) is 1. The van der Waals surface area contributed by atoms with Gasteiger partial charge in [-0.25, -0.2) is 0 Å². The average Bonchev–Trinajstić information content (AvgIpc) is 2.33. The van der Waals surface area contributed by atoms with E-state index in [2.05, 4.69) is 19.2 Å². The molecule has 1 rings (SSSR count). The third-order valence-electron chi connectivity index (χ3n) is 3.20. The zero-order chi connectivity index (χ0) is 13.5. The number of carbonyl (C=O) groups excluding carboxylic acids is 1. The second kappa shape index (κ2) is 7.74. The summed E-state index contributed by atoms with van der Waals surface area (Å²) in [4.78, 5) is 13.9. The highest BCUT2D eigenvalue weighted by Gasteiger charge is 2.25. The van der Waals surface area contributed by atoms with E-state index >= 15 is 0 Å². The Hall–Kier alpha value is -0.610. The Labute approximate surface area is 111 Å². The molecule has 1 saturated heterocycles. The van der Waals surface area contributed by atoms with Crippen LogP contribution >= 0.6 is 0 Å². The molecule has 1 aliphatic heterocycles. The van der Waals surface area contributed by atoms with Crippen molar-refractivity contribution in [3.05, 3.63) is 0 Å². The average molecular weight is 256 g/mol. The molecule has 106 valence electrons. The minimum atomic E-state index is 0.0892. The van der Waals surface area contributed by atoms with Crippen molar-refractivity contribution in [2.24, 2.45) is 5.92 Å². The second-order valence-corrected chi connectivity index (χ2v) is 5.68. The van der Waals surface area contributed by atoms with E-state index in [0.717, 1.165) is 32.5 Å². The summed E-state index contributed by atoms with van der Waals surface area (Å²) in [5.74, 6) is 0.343. The van der Waals surface area contributed by atoms with Gasteiger partial charge in [0, 0.05) is 25.0 Å². The summed E-state index contributed by atoms with van der Waals surface area (Å²) in [7, 11) is 0. The van der Waals surface area contributed by atoms with E-state index in [1.807, 2.05) is 18.7 Å². The van der Waals surface area contributed by atoms with Crippen LogP contribution in [0.15, 0.2) is 0 Å². The Morgan fingerprint density at radius 1 is 1.39 bits per heavy atom. The van der Waals surface area contributed by atoms with Crippen molar-refractivity contribution in [1.29, 1.82) is 0 Å². The van der Waals surface area contributed by atoms with Gasteiger partial charge in [-0.3, -0.25) is 4.79 Å². The molecule has 0 bridgehead atoms. The first-order chi connectivity index (χ1) is 8.50. The highest BCUT2D eigenvalue weighted by molar-refractivity contribution is 5.78. The maximum Gasteiger partial charge on any atom is 0.225 e. The molecule has 1 heterocycles. The minimum Gasteiger partial charge on any atom is -0.375 e. The number of amides is 1. The molecule has 0 aromatic carbocycles. The Morgan fingerprint density at radius 3 is 2.72 bits per heavy atom. The summed E-state index contributed by atoms with van der Waals surface area (Å²) < 4.78 is 5.72. The molecular formula is C14H28N2O2. The van der Waals surface area contributed by atoms with Crippen LogP contribution in [0.1, 0.15) is 40.5 Å². The van der Waals surface area contributed by atoms with Crippen molar-refractivity contribution in [2.45, 2.75) is 52.7 Å². The first-order valence-corrected chi connectivity index (χ1v) is 7.14. The van der Waals surface area contributed by atoms with Crippen LogP contribution in [0.3, 0.4) is 0 Å². The summed E-state index contributed by atoms with van der Waals surface area (Å²) in [5, 5.41) is 3.40. The number of rotatable bonds is 6. The summed E-state index contributed by atoms with van der Waals surface area (Å²) in [6.45, 7) is 11.4. The number of ether oxygens (including phenoxy) is 1. The fourth-order valence-electron chi connectivity index (χ4n) is 2.18. The molecule has 4 nitrogen and oxygen atoms in total. The van der Waals surface area contributed by atoms with E-state index in [9.17, 15) is 4.79 Å². The monoisotopic (exact) mass is 256 g/mol. The fourth-order valence-corrected chi connectivity index (χ4v) is 2.18. The normalized spacial score (nSPS) is 20.8. The molecule has 18 heavy (non-hydrogen) atoms. The van der Waals surface area contributed by atoms with Crippen LogP contribution in [0.4, 0.5) is 0 Å². The van der Waals surface area contributed by atoms with E-state index in [4.69, 9.17) is 4.74 Å². The van der Waals surface area contributed by atoms with Crippen molar-refractivity contribution < 1.29 is 9.53 Å². The van der Waals surface area contributed by atoms with Crippen molar-refractivity contribution in [3.63, 3.8) is 0 Å². The molecule has 1 fully saturated rings. The maximum absolute atomic E-state index is 11.9. The Balaban J connectivity index is 2.24. The smallest absolute Gasteiger partial charge is 0.225 e. The van der Waals surface area contributed by atoms with Gasteiger partial charge in [-0.2, -0.15) is 0 Å². The van der Waals surface area contributed by atoms with E-state index < -0.39 is 0 Å². The van der Waals surface area contributed by atoms with Crippen LogP contribution in [0.5, 0.6) is 0 Å². The summed E-state index contributed by atoms with van der Waals surface area (Å²) >= 11 is 0. The lowest BCUT2D eigenvalue weighted by Gasteiger charge is -2.34. The van der Waals surface area contributed by atoms with Crippen LogP contribution < -0.4 is 5.32 Å². The van der Waals surface area contributed by atoms with E-state index in [1.54, 1.807) is 0 Å². The lowest BCUT2D eigenvalue weighted by atomic mass is 10.1. The summed E-state index contributed by atoms with van der Waals surface area (Å²) in [5.41, 5.74) is 0. The van der Waals surface area contributed by atoms with Gasteiger partial charge < -0.3 is 15.0 Å². The number of nitrogens with one attached hydrogen (secondary N) is 1. The van der Waals surface area contributed by atoms with Crippen LogP contribution in [0.2, 0.25) is 0 Å². The van der Waals surface area contributed by atoms with Crippen LogP contribution in [-0.4, -0.2) is 49.2 Å². The van der Waals surface area contributed by atoms with Gasteiger partial charge in [0.25, 0.3) is 0 Å². The first kappa shape index (κ1) is 15.4. The zero-order valence-electron chi connectivity index (χ0n) is 12.2. The Kier molecular flexibility index (Phi) is 6.65. The molecular weight excluding hydrogens is 228 g/mol. The number of hydrogen-bond donors (Lipinski definition) is 1. The molecule has 1 atom stereocenters. The molecule has 0 aromatic rings. The Bertz CT molecular complexity index is 254. The van der Waals surface area contributed by atoms with Gasteiger partial charge in [-0.15, -0.1) is 0 Å². The first-order valence-electron chi connectivity index (χ1n) is 7.14. The summed E-state index contributed by atoms with van der Waals surface area (Å²) in [6, 6.07) is 0.538. The van der Waals surface area contributed by atoms with Gasteiger partial charge in [-0.05, 0) is 19.4 Å². The van der Waals surface area contributed by atoms with Gasteiger partial charge in [-0.1, -0.05) is 27.7 Å². The van der Waals surface area contributed by atoms with Gasteiger partial charge in [0.1, 0.15) is 0 Å². The van der Waals surface area contributed by atoms with E-state index in [1.165, 1.54) is 0 Å². The molecule has 4 heteroatoms. The lowest BCUT2D eigenvalue weighted by molar-refractivity contribution is -0.142. The fraction of sp³-hybridized carbons (Fsp3) is 0.929. The molecule has 0 unspecified atom stereocenters. The van der Waals surface area contributed by atoms with Gasteiger partial charge in [0.15, 0.2) is 0 Å². The third kappa shape index (κ3) is 5.36. The molecule has 1 N–H and O–H groups in total. The van der Waals surface area contributed by atoms with Gasteiger partial charge in [0.2, 0.25) is 5.91 Å². The minimum absolute atomic E-state index is 0.0892. The van der Waals surface area contributed by atoms with Crippen LogP contribution in [0.25, 0.3) is 0 Å². The maximum atomic E-state index is 11.9. The molecule has 1 aliphatic rings. The Morgan fingerprint density at radius 2 is 2.11 bits per heavy atom. The molecule has 0 spiro atoms. The van der Waals surface area contributed by atoms with Crippen molar-refractivity contribution in [2.75, 3.05) is 26.2 Å². The van der Waals surface area contributed by atoms with Crippen LogP contribution in [-0.2, 0) is 9.53 Å². The number of morpholine rings is 1. The molecule has 0 aromatic heterocycles. The molecule has 0 aliphatic carbocycles. The standard InChI is InChI=1S/C14H28N2O2/c1-11(2)14(17)16-8-9-18-13(10-16)6-5-7-15-12(3)4/h11-13,15H,5-10H2,1-4H3/t13-/m1/s1. The molecule has 0 radical (unpaired) electrons. The third-order valence-corrected chi connectivity index (χ3v) is 3.20. The predicted octanol–water partition coefficient (Wildman–Crippen LogP) is 1.65. The number of hydrogen-bond acceptors (Lipinski definition) is 3. The topological polar surface area (TPSA) is 41.6 Å². The highest BCUT2D eigenvalue weighted by Crippen LogP contribution is 2.13. The van der Waals surface area contributed by atoms with Gasteiger partial charge >= 0.3 is 0 Å². The number of carbonyl (C=O) groups is 1. The van der Waals surface area contributed by atoms with Crippen molar-refractivity contribution in [3.8, 4) is 0 Å². The molecule has 0 saturated carbocycles. The summed E-state index contributed by atoms with van der Waals surface area (Å²) in [6.07, 6.45) is 2.35. The zero-order valence-corrected chi connectivity index (χ0v) is 12.2. The second-order valence-electron chi connectivity index (χ2n) is 5.68. The van der Waals surface area contributed by atoms with Crippen molar-refractivity contribution >= 4 is 5.91 Å². The predicted molar refractivity (Wildman–Crippen MR) is 73.5 cm³/mol. The van der Waals surface area contributed by atoms with E-state index in [-0.39, 0.29) is 17.9 Å². The quantitative estimate of drug-likeness (QED) is 0.735. The molecule has 1 amide bonds. The van der Waals surface area contributed by atoms with Crippen molar-refractivity contribution in [1.82, 2.24) is 10.2 Å². The van der Waals surface area contributed by atoms with Crippen LogP contribution in [0, 0.1) is 5.92 Å². The highest BCUT2D eigenvalue weighted by atomic mass is 16.5. The SMILES string of the molecule is CC(C)NCCC[C@@H]1CN(C(=O)C(C)C)CCO1. The van der Waals surface area contributed by atoms with E-state index in [0.29, 0.717) is 12.6 Å². The lowest BCUT2D eigenvalue weighted by Crippen LogP contribution is -2.47. The van der Waals surface area contributed by atoms with Gasteiger partial charge in [0.05, 0.1) is 12.7 Å².